The molecule has 0 atom stereocenters. The second-order valence-corrected chi connectivity index (χ2v) is 5.95. The summed E-state index contributed by atoms with van der Waals surface area (Å²) in [6, 6.07) is 2.17. The van der Waals surface area contributed by atoms with Crippen molar-refractivity contribution in [2.75, 3.05) is 12.8 Å². The lowest BCUT2D eigenvalue weighted by molar-refractivity contribution is 0.590. The predicted molar refractivity (Wildman–Crippen MR) is 68.3 cm³/mol. The van der Waals surface area contributed by atoms with Crippen molar-refractivity contribution >= 4 is 11.8 Å². The van der Waals surface area contributed by atoms with E-state index in [4.69, 9.17) is 0 Å². The van der Waals surface area contributed by atoms with Gasteiger partial charge in [0.25, 0.3) is 0 Å². The molecule has 0 aliphatic rings. The standard InChI is InChI=1S/C12H20N2S/c1-10-5-11(7-13-6-10)8-14-9-12(2,3)15-4/h5-7,14H,8-9H2,1-4H3. The maximum atomic E-state index is 4.17. The molecule has 0 spiro atoms. The van der Waals surface area contributed by atoms with E-state index in [2.05, 4.69) is 43.4 Å². The van der Waals surface area contributed by atoms with Gasteiger partial charge in [-0.2, -0.15) is 11.8 Å². The van der Waals surface area contributed by atoms with E-state index >= 15 is 0 Å². The number of nitrogens with zero attached hydrogens (tertiary/aromatic N) is 1. The fraction of sp³-hybridized carbons (Fsp3) is 0.583. The average Bonchev–Trinajstić information content (AvgIpc) is 2.18. The number of aromatic nitrogens is 1. The molecule has 0 aliphatic heterocycles. The molecule has 0 fully saturated rings. The van der Waals surface area contributed by atoms with E-state index < -0.39 is 0 Å². The van der Waals surface area contributed by atoms with Crippen molar-refractivity contribution in [3.63, 3.8) is 0 Å². The number of thioether (sulfide) groups is 1. The minimum absolute atomic E-state index is 0.303. The molecule has 1 aromatic heterocycles. The third-order valence-corrected chi connectivity index (χ3v) is 3.61. The SMILES string of the molecule is CSC(C)(C)CNCc1cncc(C)c1. The van der Waals surface area contributed by atoms with Crippen molar-refractivity contribution in [1.29, 1.82) is 0 Å². The van der Waals surface area contributed by atoms with E-state index in [1.165, 1.54) is 11.1 Å². The molecule has 0 radical (unpaired) electrons. The zero-order valence-electron chi connectivity index (χ0n) is 10.0. The zero-order valence-corrected chi connectivity index (χ0v) is 10.8. The van der Waals surface area contributed by atoms with Crippen molar-refractivity contribution in [3.05, 3.63) is 29.6 Å². The molecule has 15 heavy (non-hydrogen) atoms. The molecule has 1 rings (SSSR count). The Morgan fingerprint density at radius 3 is 2.73 bits per heavy atom. The molecule has 2 nitrogen and oxygen atoms in total. The molecule has 0 unspecified atom stereocenters. The van der Waals surface area contributed by atoms with Crippen LogP contribution < -0.4 is 5.32 Å². The highest BCUT2D eigenvalue weighted by atomic mass is 32.2. The Kier molecular flexibility index (Phi) is 4.61. The van der Waals surface area contributed by atoms with E-state index in [-0.39, 0.29) is 0 Å². The maximum absolute atomic E-state index is 4.17. The quantitative estimate of drug-likeness (QED) is 0.832. The van der Waals surface area contributed by atoms with Crippen LogP contribution in [0.5, 0.6) is 0 Å². The van der Waals surface area contributed by atoms with Gasteiger partial charge in [-0.1, -0.05) is 6.07 Å². The van der Waals surface area contributed by atoms with Gasteiger partial charge in [0.1, 0.15) is 0 Å². The van der Waals surface area contributed by atoms with Gasteiger partial charge in [-0.25, -0.2) is 0 Å². The third kappa shape index (κ3) is 4.67. The van der Waals surface area contributed by atoms with Crippen LogP contribution in [0.15, 0.2) is 18.5 Å². The molecule has 0 amide bonds. The summed E-state index contributed by atoms with van der Waals surface area (Å²) < 4.78 is 0.303. The number of aryl methyl sites for hydroxylation is 1. The summed E-state index contributed by atoms with van der Waals surface area (Å²) in [5.41, 5.74) is 2.48. The molecule has 1 aromatic rings. The summed E-state index contributed by atoms with van der Waals surface area (Å²) in [6.07, 6.45) is 5.96. The summed E-state index contributed by atoms with van der Waals surface area (Å²) in [4.78, 5) is 4.17. The third-order valence-electron chi connectivity index (χ3n) is 2.36. The minimum Gasteiger partial charge on any atom is -0.311 e. The van der Waals surface area contributed by atoms with Crippen LogP contribution in [0.1, 0.15) is 25.0 Å². The van der Waals surface area contributed by atoms with Gasteiger partial charge >= 0.3 is 0 Å². The van der Waals surface area contributed by atoms with Crippen LogP contribution in [-0.4, -0.2) is 22.5 Å². The van der Waals surface area contributed by atoms with Crippen LogP contribution in [0.3, 0.4) is 0 Å². The van der Waals surface area contributed by atoms with E-state index in [9.17, 15) is 0 Å². The first-order valence-corrected chi connectivity index (χ1v) is 6.42. The summed E-state index contributed by atoms with van der Waals surface area (Å²) in [6.45, 7) is 8.49. The molecule has 0 saturated heterocycles. The van der Waals surface area contributed by atoms with E-state index in [0.717, 1.165) is 13.1 Å². The normalized spacial score (nSPS) is 11.7. The molecule has 0 saturated carbocycles. The number of rotatable bonds is 5. The van der Waals surface area contributed by atoms with Gasteiger partial charge in [0, 0.05) is 30.2 Å². The van der Waals surface area contributed by atoms with Crippen LogP contribution in [0.2, 0.25) is 0 Å². The fourth-order valence-corrected chi connectivity index (χ4v) is 1.54. The Morgan fingerprint density at radius 1 is 1.40 bits per heavy atom. The fourth-order valence-electron chi connectivity index (χ4n) is 1.29. The molecule has 1 N–H and O–H groups in total. The van der Waals surface area contributed by atoms with Gasteiger partial charge in [0.05, 0.1) is 0 Å². The molecular weight excluding hydrogens is 204 g/mol. The smallest absolute Gasteiger partial charge is 0.0313 e. The molecule has 0 bridgehead atoms. The van der Waals surface area contributed by atoms with Crippen LogP contribution in [0.25, 0.3) is 0 Å². The van der Waals surface area contributed by atoms with E-state index in [1.54, 1.807) is 0 Å². The Labute approximate surface area is 96.9 Å². The van der Waals surface area contributed by atoms with Crippen LogP contribution in [0, 0.1) is 6.92 Å². The van der Waals surface area contributed by atoms with Gasteiger partial charge in [-0.05, 0) is 38.2 Å². The Bertz CT molecular complexity index is 310. The van der Waals surface area contributed by atoms with Gasteiger partial charge in [0.2, 0.25) is 0 Å². The molecular formula is C12H20N2S. The van der Waals surface area contributed by atoms with E-state index in [0.29, 0.717) is 4.75 Å². The van der Waals surface area contributed by atoms with Crippen molar-refractivity contribution < 1.29 is 0 Å². The minimum atomic E-state index is 0.303. The highest BCUT2D eigenvalue weighted by Gasteiger charge is 2.14. The van der Waals surface area contributed by atoms with Crippen molar-refractivity contribution in [3.8, 4) is 0 Å². The summed E-state index contributed by atoms with van der Waals surface area (Å²) >= 11 is 1.89. The zero-order chi connectivity index (χ0) is 11.3. The van der Waals surface area contributed by atoms with E-state index in [1.807, 2.05) is 24.2 Å². The molecule has 84 valence electrons. The second kappa shape index (κ2) is 5.52. The first-order chi connectivity index (χ1) is 7.03. The van der Waals surface area contributed by atoms with Crippen LogP contribution in [-0.2, 0) is 6.54 Å². The first kappa shape index (κ1) is 12.5. The largest absolute Gasteiger partial charge is 0.311 e. The Hall–Kier alpha value is -0.540. The lowest BCUT2D eigenvalue weighted by Gasteiger charge is -2.22. The number of hydrogen-bond acceptors (Lipinski definition) is 3. The Morgan fingerprint density at radius 2 is 2.13 bits per heavy atom. The van der Waals surface area contributed by atoms with Crippen LogP contribution >= 0.6 is 11.8 Å². The van der Waals surface area contributed by atoms with Crippen molar-refractivity contribution in [1.82, 2.24) is 10.3 Å². The monoisotopic (exact) mass is 224 g/mol. The summed E-state index contributed by atoms with van der Waals surface area (Å²) in [5.74, 6) is 0. The summed E-state index contributed by atoms with van der Waals surface area (Å²) in [5, 5.41) is 3.46. The summed E-state index contributed by atoms with van der Waals surface area (Å²) in [7, 11) is 0. The maximum Gasteiger partial charge on any atom is 0.0313 e. The highest BCUT2D eigenvalue weighted by Crippen LogP contribution is 2.19. The number of hydrogen-bond donors (Lipinski definition) is 1. The highest BCUT2D eigenvalue weighted by molar-refractivity contribution is 7.99. The lowest BCUT2D eigenvalue weighted by atomic mass is 10.2. The number of nitrogens with one attached hydrogen (secondary N) is 1. The van der Waals surface area contributed by atoms with Gasteiger partial charge < -0.3 is 5.32 Å². The second-order valence-electron chi connectivity index (χ2n) is 4.44. The van der Waals surface area contributed by atoms with Crippen LogP contribution in [0.4, 0.5) is 0 Å². The molecule has 0 aromatic carbocycles. The van der Waals surface area contributed by atoms with Gasteiger partial charge in [0.15, 0.2) is 0 Å². The van der Waals surface area contributed by atoms with Crippen molar-refractivity contribution in [2.45, 2.75) is 32.1 Å². The first-order valence-electron chi connectivity index (χ1n) is 5.20. The van der Waals surface area contributed by atoms with Gasteiger partial charge in [-0.15, -0.1) is 0 Å². The Balaban J connectivity index is 2.38. The molecule has 0 aliphatic carbocycles. The molecule has 1 heterocycles. The van der Waals surface area contributed by atoms with Crippen molar-refractivity contribution in [2.24, 2.45) is 0 Å². The van der Waals surface area contributed by atoms with Gasteiger partial charge in [-0.3, -0.25) is 4.98 Å². The predicted octanol–water partition coefficient (Wildman–Crippen LogP) is 2.62. The molecule has 3 heteroatoms. The lowest BCUT2D eigenvalue weighted by Crippen LogP contribution is -2.31. The average molecular weight is 224 g/mol. The topological polar surface area (TPSA) is 24.9 Å². The number of pyridine rings is 1.